The van der Waals surface area contributed by atoms with Crippen LogP contribution in [-0.2, 0) is 13.0 Å². The van der Waals surface area contributed by atoms with Crippen LogP contribution in [0.4, 0.5) is 23.5 Å². The third-order valence-corrected chi connectivity index (χ3v) is 8.45. The van der Waals surface area contributed by atoms with E-state index in [9.17, 15) is 0 Å². The zero-order valence-electron chi connectivity index (χ0n) is 25.5. The molecule has 1 aliphatic heterocycles. The number of hydrogen-bond acceptors (Lipinski definition) is 8. The maximum absolute atomic E-state index is 6.26. The minimum Gasteiger partial charge on any atom is -0.489 e. The van der Waals surface area contributed by atoms with Crippen molar-refractivity contribution in [2.45, 2.75) is 32.8 Å². The lowest BCUT2D eigenvalue weighted by molar-refractivity contribution is 0.306. The number of benzene rings is 4. The molecule has 0 aliphatic carbocycles. The molecular formula is C36H35Cl2N7O. The average molecular weight is 653 g/mol. The number of piperidine rings is 1. The summed E-state index contributed by atoms with van der Waals surface area (Å²) in [6.07, 6.45) is 4.96. The standard InChI is InChI=1S/C36H35Cl2N7O/c1-25-7-13-31(14-8-25)40-34-41-35(43-36(42-34)45-19-17-27(18-20-45)21-26-5-3-2-4-6-26)44-39-23-28-9-15-32(16-10-28)46-24-29-11-12-30(37)22-33(29)38/h2-16,22-23,27H,17-21,24H2,1H3,(H2,40,41,42,43,44). The van der Waals surface area contributed by atoms with Crippen LogP contribution in [-0.4, -0.2) is 34.3 Å². The highest BCUT2D eigenvalue weighted by Crippen LogP contribution is 2.26. The molecule has 0 atom stereocenters. The fraction of sp³-hybridized carbons (Fsp3) is 0.222. The van der Waals surface area contributed by atoms with Crippen molar-refractivity contribution < 1.29 is 4.74 Å². The van der Waals surface area contributed by atoms with Crippen LogP contribution in [0, 0.1) is 12.8 Å². The molecular weight excluding hydrogens is 617 g/mol. The van der Waals surface area contributed by atoms with Crippen molar-refractivity contribution in [2.75, 3.05) is 28.7 Å². The topological polar surface area (TPSA) is 87.6 Å². The molecule has 4 aromatic carbocycles. The molecule has 0 bridgehead atoms. The smallest absolute Gasteiger partial charge is 0.250 e. The molecule has 234 valence electrons. The number of halogens is 2. The quantitative estimate of drug-likeness (QED) is 0.109. The van der Waals surface area contributed by atoms with Crippen molar-refractivity contribution >= 4 is 52.9 Å². The highest BCUT2D eigenvalue weighted by molar-refractivity contribution is 6.35. The maximum atomic E-state index is 6.26. The predicted octanol–water partition coefficient (Wildman–Crippen LogP) is 8.71. The Labute approximate surface area is 279 Å². The Bertz CT molecular complexity index is 1760. The molecule has 6 rings (SSSR count). The lowest BCUT2D eigenvalue weighted by Crippen LogP contribution is -2.35. The second-order valence-corrected chi connectivity index (χ2v) is 12.2. The molecule has 46 heavy (non-hydrogen) atoms. The summed E-state index contributed by atoms with van der Waals surface area (Å²) in [6, 6.07) is 31.8. The molecule has 0 unspecified atom stereocenters. The van der Waals surface area contributed by atoms with Gasteiger partial charge in [-0.1, -0.05) is 77.3 Å². The van der Waals surface area contributed by atoms with Crippen molar-refractivity contribution in [3.63, 3.8) is 0 Å². The molecule has 0 spiro atoms. The Morgan fingerprint density at radius 2 is 1.61 bits per heavy atom. The van der Waals surface area contributed by atoms with Crippen LogP contribution < -0.4 is 20.4 Å². The average Bonchev–Trinajstić information content (AvgIpc) is 3.07. The van der Waals surface area contributed by atoms with E-state index in [1.165, 1.54) is 11.1 Å². The van der Waals surface area contributed by atoms with E-state index in [0.717, 1.165) is 54.9 Å². The molecule has 1 saturated heterocycles. The van der Waals surface area contributed by atoms with Gasteiger partial charge < -0.3 is 15.0 Å². The number of anilines is 4. The molecule has 1 aliphatic rings. The lowest BCUT2D eigenvalue weighted by atomic mass is 9.90. The first-order chi connectivity index (χ1) is 22.5. The van der Waals surface area contributed by atoms with Crippen LogP contribution in [0.2, 0.25) is 10.0 Å². The van der Waals surface area contributed by atoms with Gasteiger partial charge in [-0.2, -0.15) is 20.1 Å². The second kappa shape index (κ2) is 15.1. The molecule has 5 aromatic rings. The summed E-state index contributed by atoms with van der Waals surface area (Å²) in [7, 11) is 0. The Hall–Kier alpha value is -4.66. The van der Waals surface area contributed by atoms with Gasteiger partial charge in [0.1, 0.15) is 12.4 Å². The van der Waals surface area contributed by atoms with E-state index in [0.29, 0.717) is 40.4 Å². The first-order valence-electron chi connectivity index (χ1n) is 15.3. The number of aromatic nitrogens is 3. The zero-order chi connectivity index (χ0) is 31.7. The van der Waals surface area contributed by atoms with Gasteiger partial charge in [-0.25, -0.2) is 5.43 Å². The SMILES string of the molecule is Cc1ccc(Nc2nc(NN=Cc3ccc(OCc4ccc(Cl)cc4Cl)cc3)nc(N3CCC(Cc4ccccc4)CC3)n2)cc1. The van der Waals surface area contributed by atoms with Crippen molar-refractivity contribution in [3.8, 4) is 5.75 Å². The summed E-state index contributed by atoms with van der Waals surface area (Å²) in [5.74, 6) is 2.81. The molecule has 1 fully saturated rings. The van der Waals surface area contributed by atoms with E-state index in [4.69, 9.17) is 37.9 Å². The highest BCUT2D eigenvalue weighted by atomic mass is 35.5. The van der Waals surface area contributed by atoms with Crippen molar-refractivity contribution in [3.05, 3.63) is 129 Å². The van der Waals surface area contributed by atoms with Crippen molar-refractivity contribution in [2.24, 2.45) is 11.0 Å². The van der Waals surface area contributed by atoms with Gasteiger partial charge in [0, 0.05) is 34.4 Å². The lowest BCUT2D eigenvalue weighted by Gasteiger charge is -2.32. The van der Waals surface area contributed by atoms with E-state index < -0.39 is 0 Å². The number of hydrogen-bond donors (Lipinski definition) is 2. The summed E-state index contributed by atoms with van der Waals surface area (Å²) >= 11 is 12.3. The molecule has 8 nitrogen and oxygen atoms in total. The maximum Gasteiger partial charge on any atom is 0.250 e. The summed E-state index contributed by atoms with van der Waals surface area (Å²) in [5.41, 5.74) is 8.23. The van der Waals surface area contributed by atoms with Gasteiger partial charge in [0.25, 0.3) is 0 Å². The molecule has 2 heterocycles. The number of hydrazone groups is 1. The summed E-state index contributed by atoms with van der Waals surface area (Å²) < 4.78 is 5.89. The summed E-state index contributed by atoms with van der Waals surface area (Å²) in [6.45, 7) is 4.17. The second-order valence-electron chi connectivity index (χ2n) is 11.4. The first-order valence-corrected chi connectivity index (χ1v) is 16.1. The summed E-state index contributed by atoms with van der Waals surface area (Å²) in [5, 5.41) is 8.91. The third kappa shape index (κ3) is 8.74. The number of nitrogens with zero attached hydrogens (tertiary/aromatic N) is 5. The van der Waals surface area contributed by atoms with Crippen molar-refractivity contribution in [1.82, 2.24) is 15.0 Å². The molecule has 0 saturated carbocycles. The van der Waals surface area contributed by atoms with Crippen LogP contribution in [0.1, 0.15) is 35.1 Å². The molecule has 0 radical (unpaired) electrons. The van der Waals surface area contributed by atoms with E-state index in [1.807, 2.05) is 42.5 Å². The zero-order valence-corrected chi connectivity index (χ0v) is 27.0. The minimum atomic E-state index is 0.344. The Morgan fingerprint density at radius 1 is 0.870 bits per heavy atom. The number of rotatable bonds is 11. The van der Waals surface area contributed by atoms with Gasteiger partial charge >= 0.3 is 0 Å². The van der Waals surface area contributed by atoms with E-state index in [-0.39, 0.29) is 0 Å². The van der Waals surface area contributed by atoms with E-state index in [1.54, 1.807) is 18.3 Å². The number of ether oxygens (including phenoxy) is 1. The van der Waals surface area contributed by atoms with Gasteiger partial charge in [-0.05, 0) is 91.8 Å². The van der Waals surface area contributed by atoms with Crippen LogP contribution >= 0.6 is 23.2 Å². The van der Waals surface area contributed by atoms with E-state index in [2.05, 4.69) is 75.1 Å². The fourth-order valence-corrected chi connectivity index (χ4v) is 5.74. The Kier molecular flexibility index (Phi) is 10.3. The first kappa shape index (κ1) is 31.3. The van der Waals surface area contributed by atoms with Gasteiger partial charge in [-0.3, -0.25) is 0 Å². The third-order valence-electron chi connectivity index (χ3n) is 7.86. The van der Waals surface area contributed by atoms with Crippen molar-refractivity contribution in [1.29, 1.82) is 0 Å². The largest absolute Gasteiger partial charge is 0.489 e. The molecule has 0 amide bonds. The summed E-state index contributed by atoms with van der Waals surface area (Å²) in [4.78, 5) is 16.3. The Balaban J connectivity index is 1.11. The minimum absolute atomic E-state index is 0.344. The predicted molar refractivity (Wildman–Crippen MR) is 188 cm³/mol. The molecule has 10 heteroatoms. The Morgan fingerprint density at radius 3 is 2.35 bits per heavy atom. The van der Waals surface area contributed by atoms with Crippen LogP contribution in [0.15, 0.2) is 102 Å². The van der Waals surface area contributed by atoms with Gasteiger partial charge in [0.15, 0.2) is 0 Å². The van der Waals surface area contributed by atoms with Gasteiger partial charge in [0.05, 0.1) is 6.21 Å². The monoisotopic (exact) mass is 651 g/mol. The van der Waals surface area contributed by atoms with Gasteiger partial charge in [-0.15, -0.1) is 0 Å². The number of nitrogens with one attached hydrogen (secondary N) is 2. The highest BCUT2D eigenvalue weighted by Gasteiger charge is 2.22. The van der Waals surface area contributed by atoms with E-state index >= 15 is 0 Å². The van der Waals surface area contributed by atoms with Gasteiger partial charge in [0.2, 0.25) is 17.8 Å². The molecule has 1 aromatic heterocycles. The van der Waals surface area contributed by atoms with Crippen LogP contribution in [0.3, 0.4) is 0 Å². The van der Waals surface area contributed by atoms with Crippen LogP contribution in [0.5, 0.6) is 5.75 Å². The number of aryl methyl sites for hydroxylation is 1. The molecule has 2 N–H and O–H groups in total. The fourth-order valence-electron chi connectivity index (χ4n) is 5.28. The van der Waals surface area contributed by atoms with Crippen LogP contribution in [0.25, 0.3) is 0 Å². The normalized spacial score (nSPS) is 13.6.